The third-order valence-electron chi connectivity index (χ3n) is 4.42. The van der Waals surface area contributed by atoms with Gasteiger partial charge < -0.3 is 23.4 Å². The second-order valence-electron chi connectivity index (χ2n) is 6.47. The van der Waals surface area contributed by atoms with Crippen molar-refractivity contribution in [3.8, 4) is 22.6 Å². The molecule has 0 fully saturated rings. The van der Waals surface area contributed by atoms with E-state index in [1.54, 1.807) is 31.2 Å². The largest absolute Gasteiger partial charge is 0.496 e. The fraction of sp³-hybridized carbons (Fsp3) is 0.208. The van der Waals surface area contributed by atoms with Crippen LogP contribution < -0.4 is 14.9 Å². The van der Waals surface area contributed by atoms with Gasteiger partial charge in [-0.05, 0) is 25.1 Å². The summed E-state index contributed by atoms with van der Waals surface area (Å²) in [7, 11) is 1.47. The van der Waals surface area contributed by atoms with Crippen molar-refractivity contribution < 1.29 is 33.0 Å². The van der Waals surface area contributed by atoms with Crippen molar-refractivity contribution in [3.05, 3.63) is 71.1 Å². The van der Waals surface area contributed by atoms with Crippen LogP contribution in [0.25, 0.3) is 22.1 Å². The smallest absolute Gasteiger partial charge is 0.375 e. The van der Waals surface area contributed by atoms with Gasteiger partial charge in [0.2, 0.25) is 11.2 Å². The lowest BCUT2D eigenvalue weighted by Gasteiger charge is -2.13. The van der Waals surface area contributed by atoms with Crippen molar-refractivity contribution in [1.29, 1.82) is 0 Å². The van der Waals surface area contributed by atoms with Crippen LogP contribution in [0.1, 0.15) is 17.5 Å². The number of carbonyl (C=O) groups is 2. The Morgan fingerprint density at radius 1 is 1.12 bits per heavy atom. The molecule has 8 nitrogen and oxygen atoms in total. The van der Waals surface area contributed by atoms with Crippen molar-refractivity contribution >= 4 is 22.9 Å². The number of rotatable bonds is 9. The molecular weight excluding hydrogens is 416 g/mol. The van der Waals surface area contributed by atoms with Gasteiger partial charge in [0.25, 0.3) is 0 Å². The molecule has 0 aliphatic rings. The maximum Gasteiger partial charge on any atom is 0.375 e. The Kier molecular flexibility index (Phi) is 7.28. The molecule has 0 spiro atoms. The third-order valence-corrected chi connectivity index (χ3v) is 4.42. The van der Waals surface area contributed by atoms with Crippen LogP contribution in [0.15, 0.2) is 64.3 Å². The molecule has 0 atom stereocenters. The summed E-state index contributed by atoms with van der Waals surface area (Å²) < 4.78 is 26.5. The van der Waals surface area contributed by atoms with E-state index in [0.29, 0.717) is 11.3 Å². The van der Waals surface area contributed by atoms with E-state index in [2.05, 4.69) is 6.58 Å². The monoisotopic (exact) mass is 438 g/mol. The van der Waals surface area contributed by atoms with Gasteiger partial charge in [0.05, 0.1) is 24.7 Å². The number of ether oxygens (including phenoxy) is 4. The van der Waals surface area contributed by atoms with E-state index in [0.717, 1.165) is 0 Å². The van der Waals surface area contributed by atoms with E-state index in [1.165, 1.54) is 31.4 Å². The average molecular weight is 438 g/mol. The highest BCUT2D eigenvalue weighted by Crippen LogP contribution is 2.33. The Morgan fingerprint density at radius 2 is 1.91 bits per heavy atom. The van der Waals surface area contributed by atoms with Gasteiger partial charge in [-0.25, -0.2) is 9.59 Å². The highest BCUT2D eigenvalue weighted by Gasteiger charge is 2.25. The topological polar surface area (TPSA) is 101 Å². The number of esters is 2. The predicted octanol–water partition coefficient (Wildman–Crippen LogP) is 3.75. The Hall–Kier alpha value is -4.07. The molecule has 8 heteroatoms. The summed E-state index contributed by atoms with van der Waals surface area (Å²) in [6.07, 6.45) is 1.44. The van der Waals surface area contributed by atoms with E-state index >= 15 is 0 Å². The van der Waals surface area contributed by atoms with E-state index < -0.39 is 17.4 Å². The number of carbonyl (C=O) groups excluding carboxylic acids is 2. The predicted molar refractivity (Wildman–Crippen MR) is 117 cm³/mol. The first-order valence-corrected chi connectivity index (χ1v) is 9.80. The third kappa shape index (κ3) is 4.80. The second kappa shape index (κ2) is 10.3. The number of para-hydroxylation sites is 1. The molecule has 32 heavy (non-hydrogen) atoms. The fourth-order valence-corrected chi connectivity index (χ4v) is 3.04. The van der Waals surface area contributed by atoms with Gasteiger partial charge in [-0.1, -0.05) is 30.9 Å². The maximum absolute atomic E-state index is 13.4. The van der Waals surface area contributed by atoms with Crippen LogP contribution in [-0.4, -0.2) is 38.9 Å². The van der Waals surface area contributed by atoms with Crippen LogP contribution in [0, 0.1) is 0 Å². The molecule has 0 radical (unpaired) electrons. The van der Waals surface area contributed by atoms with Crippen LogP contribution in [0.4, 0.5) is 0 Å². The van der Waals surface area contributed by atoms with Crippen molar-refractivity contribution in [2.45, 2.75) is 6.92 Å². The van der Waals surface area contributed by atoms with Gasteiger partial charge in [-0.3, -0.25) is 4.79 Å². The van der Waals surface area contributed by atoms with E-state index in [9.17, 15) is 14.4 Å². The Labute approximate surface area is 184 Å². The van der Waals surface area contributed by atoms with Crippen molar-refractivity contribution in [2.24, 2.45) is 0 Å². The molecule has 3 aromatic rings. The summed E-state index contributed by atoms with van der Waals surface area (Å²) >= 11 is 0. The quantitative estimate of drug-likeness (QED) is 0.368. The van der Waals surface area contributed by atoms with Gasteiger partial charge in [-0.2, -0.15) is 0 Å². The molecule has 2 aromatic carbocycles. The zero-order chi connectivity index (χ0) is 23.1. The lowest BCUT2D eigenvalue weighted by atomic mass is 10.0. The van der Waals surface area contributed by atoms with Crippen molar-refractivity contribution in [3.63, 3.8) is 0 Å². The minimum Gasteiger partial charge on any atom is -0.496 e. The Balaban J connectivity index is 2.10. The molecule has 0 saturated heterocycles. The SMILES string of the molecule is C=CCOC(=O)COc1ccc2c(=O)c(-c3ccccc3OC)c(C(=O)OCC)oc2c1. The zero-order valence-corrected chi connectivity index (χ0v) is 17.7. The average Bonchev–Trinajstić information content (AvgIpc) is 2.81. The first-order valence-electron chi connectivity index (χ1n) is 9.80. The maximum atomic E-state index is 13.4. The number of methoxy groups -OCH3 is 1. The summed E-state index contributed by atoms with van der Waals surface area (Å²) in [5.41, 5.74) is 0.110. The fourth-order valence-electron chi connectivity index (χ4n) is 3.04. The first-order chi connectivity index (χ1) is 15.5. The molecule has 0 N–H and O–H groups in total. The number of hydrogen-bond donors (Lipinski definition) is 0. The van der Waals surface area contributed by atoms with Crippen LogP contribution >= 0.6 is 0 Å². The molecule has 1 aromatic heterocycles. The van der Waals surface area contributed by atoms with Crippen LogP contribution in [0.5, 0.6) is 11.5 Å². The highest BCUT2D eigenvalue weighted by atomic mass is 16.6. The molecule has 0 bridgehead atoms. The molecule has 0 unspecified atom stereocenters. The summed E-state index contributed by atoms with van der Waals surface area (Å²) in [5.74, 6) is -0.952. The highest BCUT2D eigenvalue weighted by molar-refractivity contribution is 5.98. The molecule has 166 valence electrons. The Morgan fingerprint density at radius 3 is 2.62 bits per heavy atom. The van der Waals surface area contributed by atoms with Gasteiger partial charge >= 0.3 is 11.9 Å². The lowest BCUT2D eigenvalue weighted by molar-refractivity contribution is -0.144. The molecular formula is C24H22O8. The van der Waals surface area contributed by atoms with Crippen LogP contribution in [-0.2, 0) is 14.3 Å². The minimum atomic E-state index is -0.785. The molecule has 0 aliphatic carbocycles. The van der Waals surface area contributed by atoms with Crippen molar-refractivity contribution in [2.75, 3.05) is 26.9 Å². The molecule has 1 heterocycles. The molecule has 0 saturated carbocycles. The number of hydrogen-bond acceptors (Lipinski definition) is 8. The minimum absolute atomic E-state index is 0.0371. The van der Waals surface area contributed by atoms with Crippen LogP contribution in [0.3, 0.4) is 0 Å². The van der Waals surface area contributed by atoms with Crippen molar-refractivity contribution in [1.82, 2.24) is 0 Å². The standard InChI is InChI=1S/C24H22O8/c1-4-12-30-20(25)14-31-15-10-11-17-19(13-15)32-23(24(27)29-5-2)21(22(17)26)16-8-6-7-9-18(16)28-3/h4,6-11,13H,1,5,12,14H2,2-3H3. The van der Waals surface area contributed by atoms with Gasteiger partial charge in [0.1, 0.15) is 23.7 Å². The summed E-state index contributed by atoms with van der Waals surface area (Å²) in [6.45, 7) is 4.95. The first kappa shape index (κ1) is 22.6. The number of benzene rings is 2. The van der Waals surface area contributed by atoms with Gasteiger partial charge in [-0.15, -0.1) is 0 Å². The lowest BCUT2D eigenvalue weighted by Crippen LogP contribution is -2.16. The second-order valence-corrected chi connectivity index (χ2v) is 6.47. The molecule has 3 rings (SSSR count). The van der Waals surface area contributed by atoms with Crippen LogP contribution in [0.2, 0.25) is 0 Å². The summed E-state index contributed by atoms with van der Waals surface area (Å²) in [4.78, 5) is 37.6. The summed E-state index contributed by atoms with van der Waals surface area (Å²) in [5, 5.41) is 0.223. The van der Waals surface area contributed by atoms with Gasteiger partial charge in [0.15, 0.2) is 6.61 Å². The molecule has 0 amide bonds. The molecule has 0 aliphatic heterocycles. The Bertz CT molecular complexity index is 1210. The van der Waals surface area contributed by atoms with E-state index in [1.807, 2.05) is 0 Å². The zero-order valence-electron chi connectivity index (χ0n) is 17.7. The summed E-state index contributed by atoms with van der Waals surface area (Å²) in [6, 6.07) is 11.3. The van der Waals surface area contributed by atoms with E-state index in [4.69, 9.17) is 23.4 Å². The van der Waals surface area contributed by atoms with E-state index in [-0.39, 0.29) is 47.9 Å². The number of fused-ring (bicyclic) bond motifs is 1. The van der Waals surface area contributed by atoms with Gasteiger partial charge in [0, 0.05) is 11.6 Å². The normalized spacial score (nSPS) is 10.4.